The number of hydrogen-bond acceptors (Lipinski definition) is 6. The average Bonchev–Trinajstić information content (AvgIpc) is 3.00. The number of carbonyl (C=O) groups is 4. The molecule has 0 saturated carbocycles. The molecule has 1 heterocycles. The summed E-state index contributed by atoms with van der Waals surface area (Å²) in [5.74, 6) is -2.41. The van der Waals surface area contributed by atoms with Crippen molar-refractivity contribution in [1.29, 1.82) is 0 Å². The summed E-state index contributed by atoms with van der Waals surface area (Å²) in [5.41, 5.74) is 0.996. The molecule has 0 aromatic heterocycles. The molecule has 1 aliphatic rings. The molecule has 216 valence electrons. The number of halogens is 2. The Morgan fingerprint density at radius 2 is 1.63 bits per heavy atom. The Morgan fingerprint density at radius 1 is 0.907 bits per heavy atom. The van der Waals surface area contributed by atoms with Crippen molar-refractivity contribution in [2.24, 2.45) is 0 Å². The molecule has 4 aromatic carbocycles. The van der Waals surface area contributed by atoms with Crippen LogP contribution in [0.1, 0.15) is 11.1 Å². The average molecular weight is 600 g/mol. The first-order valence-corrected chi connectivity index (χ1v) is 13.3. The fourth-order valence-electron chi connectivity index (χ4n) is 4.14. The molecule has 0 aliphatic carbocycles. The number of para-hydroxylation sites is 1. The van der Waals surface area contributed by atoms with Crippen LogP contribution in [0.3, 0.4) is 0 Å². The van der Waals surface area contributed by atoms with Crippen molar-refractivity contribution < 1.29 is 33.0 Å². The SMILES string of the molecule is O=C(COc1ccc(Cl)cc1/C=C1/C(=O)NC(=O)N(c2ccc(OCc3ccccc3)cc2)C1=O)Nc1ccccc1F. The third kappa shape index (κ3) is 7.06. The highest BCUT2D eigenvalue weighted by Gasteiger charge is 2.37. The van der Waals surface area contributed by atoms with Crippen molar-refractivity contribution in [3.8, 4) is 11.5 Å². The second-order valence-corrected chi connectivity index (χ2v) is 9.66. The van der Waals surface area contributed by atoms with Crippen LogP contribution in [-0.2, 0) is 21.0 Å². The highest BCUT2D eigenvalue weighted by molar-refractivity contribution is 6.39. The number of anilines is 2. The lowest BCUT2D eigenvalue weighted by molar-refractivity contribution is -0.122. The van der Waals surface area contributed by atoms with Crippen molar-refractivity contribution >= 4 is 52.8 Å². The third-order valence-corrected chi connectivity index (χ3v) is 6.46. The number of imide groups is 2. The number of carbonyl (C=O) groups excluding carboxylic acids is 4. The van der Waals surface area contributed by atoms with Gasteiger partial charge in [-0.2, -0.15) is 0 Å². The number of hydrogen-bond donors (Lipinski definition) is 2. The second kappa shape index (κ2) is 13.0. The maximum atomic E-state index is 13.9. The van der Waals surface area contributed by atoms with E-state index in [-0.39, 0.29) is 33.3 Å². The lowest BCUT2D eigenvalue weighted by Crippen LogP contribution is -2.54. The minimum atomic E-state index is -0.919. The molecule has 5 rings (SSSR count). The van der Waals surface area contributed by atoms with Gasteiger partial charge in [0.15, 0.2) is 6.61 Å². The van der Waals surface area contributed by atoms with Crippen LogP contribution in [0.2, 0.25) is 5.02 Å². The zero-order chi connectivity index (χ0) is 30.3. The van der Waals surface area contributed by atoms with Gasteiger partial charge in [0.1, 0.15) is 29.5 Å². The monoisotopic (exact) mass is 599 g/mol. The van der Waals surface area contributed by atoms with Crippen LogP contribution in [0.15, 0.2) is 103 Å². The van der Waals surface area contributed by atoms with Crippen LogP contribution in [0, 0.1) is 5.82 Å². The summed E-state index contributed by atoms with van der Waals surface area (Å²) in [6.07, 6.45) is 1.21. The van der Waals surface area contributed by atoms with Crippen LogP contribution in [0.4, 0.5) is 20.6 Å². The number of ether oxygens (including phenoxy) is 2. The molecule has 1 aliphatic heterocycles. The fraction of sp³-hybridized carbons (Fsp3) is 0.0625. The standard InChI is InChI=1S/C32H23ClFN3O6/c33-22-10-15-28(43-19-29(38)35-27-9-5-4-8-26(27)34)21(16-22)17-25-30(39)36-32(41)37(31(25)40)23-11-13-24(14-12-23)42-18-20-6-2-1-3-7-20/h1-17H,18-19H2,(H,35,38)(H,36,39,41)/b25-17-. The number of barbiturate groups is 1. The molecule has 9 nitrogen and oxygen atoms in total. The van der Waals surface area contributed by atoms with Crippen LogP contribution in [0.25, 0.3) is 6.08 Å². The van der Waals surface area contributed by atoms with E-state index < -0.39 is 36.2 Å². The van der Waals surface area contributed by atoms with Gasteiger partial charge >= 0.3 is 6.03 Å². The molecule has 2 N–H and O–H groups in total. The molecule has 0 spiro atoms. The first-order chi connectivity index (χ1) is 20.8. The summed E-state index contributed by atoms with van der Waals surface area (Å²) in [7, 11) is 0. The zero-order valence-corrected chi connectivity index (χ0v) is 23.1. The van der Waals surface area contributed by atoms with Crippen molar-refractivity contribution in [2.75, 3.05) is 16.8 Å². The quantitative estimate of drug-likeness (QED) is 0.187. The maximum Gasteiger partial charge on any atom is 0.335 e. The van der Waals surface area contributed by atoms with Crippen molar-refractivity contribution in [3.05, 3.63) is 125 Å². The lowest BCUT2D eigenvalue weighted by atomic mass is 10.1. The highest BCUT2D eigenvalue weighted by atomic mass is 35.5. The van der Waals surface area contributed by atoms with E-state index in [1.54, 1.807) is 18.2 Å². The van der Waals surface area contributed by atoms with E-state index in [4.69, 9.17) is 21.1 Å². The van der Waals surface area contributed by atoms with E-state index in [1.807, 2.05) is 30.3 Å². The van der Waals surface area contributed by atoms with Crippen LogP contribution in [0.5, 0.6) is 11.5 Å². The number of benzene rings is 4. The van der Waals surface area contributed by atoms with Gasteiger partial charge in [-0.1, -0.05) is 54.1 Å². The second-order valence-electron chi connectivity index (χ2n) is 9.22. The molecule has 11 heteroatoms. The number of nitrogens with one attached hydrogen (secondary N) is 2. The molecule has 5 amide bonds. The van der Waals surface area contributed by atoms with Gasteiger partial charge in [0.25, 0.3) is 17.7 Å². The lowest BCUT2D eigenvalue weighted by Gasteiger charge is -2.26. The van der Waals surface area contributed by atoms with Gasteiger partial charge in [-0.05, 0) is 66.2 Å². The Labute approximate surface area is 250 Å². The molecular weight excluding hydrogens is 577 g/mol. The van der Waals surface area contributed by atoms with Gasteiger partial charge in [-0.15, -0.1) is 0 Å². The molecular formula is C32H23ClFN3O6. The topological polar surface area (TPSA) is 114 Å². The zero-order valence-electron chi connectivity index (χ0n) is 22.4. The predicted molar refractivity (Wildman–Crippen MR) is 158 cm³/mol. The van der Waals surface area contributed by atoms with Crippen LogP contribution < -0.4 is 25.0 Å². The Balaban J connectivity index is 1.32. The Morgan fingerprint density at radius 3 is 2.37 bits per heavy atom. The predicted octanol–water partition coefficient (Wildman–Crippen LogP) is 5.74. The summed E-state index contributed by atoms with van der Waals surface area (Å²) < 4.78 is 25.2. The van der Waals surface area contributed by atoms with Crippen molar-refractivity contribution in [2.45, 2.75) is 6.61 Å². The van der Waals surface area contributed by atoms with Gasteiger partial charge in [0, 0.05) is 10.6 Å². The minimum Gasteiger partial charge on any atom is -0.489 e. The number of urea groups is 1. The Bertz CT molecular complexity index is 1730. The van der Waals surface area contributed by atoms with Crippen molar-refractivity contribution in [3.63, 3.8) is 0 Å². The smallest absolute Gasteiger partial charge is 0.335 e. The van der Waals surface area contributed by atoms with E-state index in [1.165, 1.54) is 54.6 Å². The van der Waals surface area contributed by atoms with Gasteiger partial charge in [-0.25, -0.2) is 14.1 Å². The molecule has 43 heavy (non-hydrogen) atoms. The first-order valence-electron chi connectivity index (χ1n) is 12.9. The number of rotatable bonds is 9. The van der Waals surface area contributed by atoms with Gasteiger partial charge in [0.2, 0.25) is 0 Å². The summed E-state index contributed by atoms with van der Waals surface area (Å²) in [5, 5.41) is 4.83. The molecule has 0 atom stereocenters. The largest absolute Gasteiger partial charge is 0.489 e. The van der Waals surface area contributed by atoms with E-state index >= 15 is 0 Å². The summed E-state index contributed by atoms with van der Waals surface area (Å²) in [4.78, 5) is 52.0. The Hall–Kier alpha value is -5.48. The van der Waals surface area contributed by atoms with Crippen LogP contribution >= 0.6 is 11.6 Å². The van der Waals surface area contributed by atoms with E-state index in [0.29, 0.717) is 12.4 Å². The maximum absolute atomic E-state index is 13.9. The third-order valence-electron chi connectivity index (χ3n) is 6.22. The van der Waals surface area contributed by atoms with Gasteiger partial charge in [0.05, 0.1) is 11.4 Å². The molecule has 0 unspecified atom stereocenters. The first kappa shape index (κ1) is 29.0. The highest BCUT2D eigenvalue weighted by Crippen LogP contribution is 2.29. The van der Waals surface area contributed by atoms with Gasteiger partial charge < -0.3 is 14.8 Å². The normalized spacial score (nSPS) is 14.0. The summed E-state index contributed by atoms with van der Waals surface area (Å²) in [6, 6.07) is 24.9. The molecule has 1 saturated heterocycles. The molecule has 4 aromatic rings. The number of nitrogens with zero attached hydrogens (tertiary/aromatic N) is 1. The molecule has 0 radical (unpaired) electrons. The molecule has 1 fully saturated rings. The summed E-state index contributed by atoms with van der Waals surface area (Å²) in [6.45, 7) is -0.171. The summed E-state index contributed by atoms with van der Waals surface area (Å²) >= 11 is 6.15. The van der Waals surface area contributed by atoms with E-state index in [2.05, 4.69) is 10.6 Å². The molecule has 0 bridgehead atoms. The van der Waals surface area contributed by atoms with E-state index in [9.17, 15) is 23.6 Å². The van der Waals surface area contributed by atoms with Crippen molar-refractivity contribution in [1.82, 2.24) is 5.32 Å². The minimum absolute atomic E-state index is 0.0143. The Kier molecular flexibility index (Phi) is 8.78. The van der Waals surface area contributed by atoms with Gasteiger partial charge in [-0.3, -0.25) is 19.7 Å². The van der Waals surface area contributed by atoms with E-state index in [0.717, 1.165) is 10.5 Å². The fourth-order valence-corrected chi connectivity index (χ4v) is 4.32. The van der Waals surface area contributed by atoms with Crippen LogP contribution in [-0.4, -0.2) is 30.4 Å². The number of amides is 5.